The second-order valence-corrected chi connectivity index (χ2v) is 20.9. The van der Waals surface area contributed by atoms with Crippen molar-refractivity contribution in [2.45, 2.75) is 0 Å². The number of fused-ring (bicyclic) bond motifs is 13. The SMILES string of the molecule is c1ccc(-n2c3ccccc3c3cccc(-c4c5ccccc5c(-c5cccc6c5oc5cccc(-c7c8ccccc8c(-c8cccc9c%10ccccc%10n(-c%10ccccc%10)c89)c8ccccc78)c56)c5ccccc45)c32)cc1. The summed E-state index contributed by atoms with van der Waals surface area (Å²) in [5.74, 6) is 0. The molecule has 17 rings (SSSR count). The average molecular weight is 1000 g/mol. The Morgan fingerprint density at radius 3 is 0.949 bits per heavy atom. The summed E-state index contributed by atoms with van der Waals surface area (Å²) < 4.78 is 12.2. The van der Waals surface area contributed by atoms with Crippen molar-refractivity contribution >= 4 is 109 Å². The van der Waals surface area contributed by atoms with Crippen molar-refractivity contribution in [1.29, 1.82) is 0 Å². The van der Waals surface area contributed by atoms with Crippen molar-refractivity contribution in [3.05, 3.63) is 279 Å². The molecule has 0 saturated carbocycles. The zero-order chi connectivity index (χ0) is 51.7. The van der Waals surface area contributed by atoms with Crippen LogP contribution in [-0.2, 0) is 0 Å². The van der Waals surface area contributed by atoms with Gasteiger partial charge in [-0.05, 0) is 108 Å². The molecular formula is C76H46N2O. The summed E-state index contributed by atoms with van der Waals surface area (Å²) in [6, 6.07) is 102. The molecule has 0 spiro atoms. The van der Waals surface area contributed by atoms with Crippen molar-refractivity contribution in [2.75, 3.05) is 0 Å². The molecule has 0 amide bonds. The fourth-order valence-corrected chi connectivity index (χ4v) is 13.8. The molecular weight excluding hydrogens is 957 g/mol. The number of furan rings is 1. The number of benzene rings is 14. The third-order valence-corrected chi connectivity index (χ3v) is 16.9. The monoisotopic (exact) mass is 1000 g/mol. The standard InChI is InChI=1S/C76H46N2O/c1-3-23-47(24-4-1)77-66-44-17-15-27-49(66)59-37-19-40-62(74(59)77)70-53-31-9-7-29-51(53)69(52-30-8-10-32-54(52)70)61-39-22-46-68-73(61)65-43-21-42-64(76(65)79-68)72-57-35-13-11-33-55(57)71(56-34-12-14-36-58(56)72)63-41-20-38-60-50-28-16-18-45-67(50)78(75(60)63)48-25-5-2-6-26-48/h1-46H. The average Bonchev–Trinajstić information content (AvgIpc) is 4.38. The molecule has 3 heterocycles. The molecule has 0 atom stereocenters. The van der Waals surface area contributed by atoms with Gasteiger partial charge in [-0.2, -0.15) is 0 Å². The Kier molecular flexibility index (Phi) is 9.42. The molecule has 0 aliphatic rings. The Morgan fingerprint density at radius 2 is 0.519 bits per heavy atom. The summed E-state index contributed by atoms with van der Waals surface area (Å²) in [7, 11) is 0. The maximum atomic E-state index is 7.31. The number of aromatic nitrogens is 2. The lowest BCUT2D eigenvalue weighted by atomic mass is 9.84. The third kappa shape index (κ3) is 6.24. The summed E-state index contributed by atoms with van der Waals surface area (Å²) in [6.45, 7) is 0. The molecule has 3 nitrogen and oxygen atoms in total. The van der Waals surface area contributed by atoms with Crippen molar-refractivity contribution in [1.82, 2.24) is 9.13 Å². The molecule has 0 fully saturated rings. The van der Waals surface area contributed by atoms with E-state index in [0.29, 0.717) is 0 Å². The molecule has 0 aliphatic heterocycles. The Morgan fingerprint density at radius 1 is 0.215 bits per heavy atom. The largest absolute Gasteiger partial charge is 0.455 e. The highest BCUT2D eigenvalue weighted by Gasteiger charge is 2.27. The van der Waals surface area contributed by atoms with Gasteiger partial charge in [0.25, 0.3) is 0 Å². The maximum Gasteiger partial charge on any atom is 0.143 e. The van der Waals surface area contributed by atoms with Gasteiger partial charge in [-0.3, -0.25) is 0 Å². The molecule has 3 heteroatoms. The number of para-hydroxylation sites is 7. The summed E-state index contributed by atoms with van der Waals surface area (Å²) in [6.07, 6.45) is 0. The van der Waals surface area contributed by atoms with Crippen LogP contribution in [0.4, 0.5) is 0 Å². The van der Waals surface area contributed by atoms with Gasteiger partial charge >= 0.3 is 0 Å². The molecule has 0 radical (unpaired) electrons. The van der Waals surface area contributed by atoms with Gasteiger partial charge < -0.3 is 13.6 Å². The van der Waals surface area contributed by atoms with Crippen LogP contribution in [0.2, 0.25) is 0 Å². The normalized spacial score (nSPS) is 12.1. The predicted molar refractivity (Wildman–Crippen MR) is 334 cm³/mol. The lowest BCUT2D eigenvalue weighted by Gasteiger charge is -2.20. The van der Waals surface area contributed by atoms with Crippen molar-refractivity contribution in [3.8, 4) is 55.9 Å². The number of nitrogens with zero attached hydrogens (tertiary/aromatic N) is 2. The minimum absolute atomic E-state index is 0.861. The van der Waals surface area contributed by atoms with E-state index in [-0.39, 0.29) is 0 Å². The second kappa shape index (κ2) is 17.0. The summed E-state index contributed by atoms with van der Waals surface area (Å²) in [4.78, 5) is 0. The first-order chi connectivity index (χ1) is 39.3. The fraction of sp³-hybridized carbons (Fsp3) is 0. The summed E-state index contributed by atoms with van der Waals surface area (Å²) in [5.41, 5.74) is 18.2. The van der Waals surface area contributed by atoms with Crippen LogP contribution in [0.1, 0.15) is 0 Å². The van der Waals surface area contributed by atoms with Crippen LogP contribution < -0.4 is 0 Å². The van der Waals surface area contributed by atoms with Gasteiger partial charge in [0.05, 0.1) is 22.1 Å². The number of hydrogen-bond donors (Lipinski definition) is 0. The first-order valence-electron chi connectivity index (χ1n) is 27.3. The van der Waals surface area contributed by atoms with Gasteiger partial charge in [0.1, 0.15) is 11.2 Å². The highest BCUT2D eigenvalue weighted by atomic mass is 16.3. The van der Waals surface area contributed by atoms with E-state index in [9.17, 15) is 0 Å². The number of hydrogen-bond acceptors (Lipinski definition) is 1. The highest BCUT2D eigenvalue weighted by Crippen LogP contribution is 2.52. The minimum atomic E-state index is 0.861. The zero-order valence-electron chi connectivity index (χ0n) is 42.9. The third-order valence-electron chi connectivity index (χ3n) is 16.9. The first kappa shape index (κ1) is 43.7. The molecule has 0 aliphatic carbocycles. The van der Waals surface area contributed by atoms with Crippen LogP contribution >= 0.6 is 0 Å². The molecule has 17 aromatic rings. The Balaban J connectivity index is 0.920. The zero-order valence-corrected chi connectivity index (χ0v) is 42.9. The Labute approximate surface area is 454 Å². The van der Waals surface area contributed by atoms with Crippen molar-refractivity contribution in [2.24, 2.45) is 0 Å². The van der Waals surface area contributed by atoms with E-state index < -0.39 is 0 Å². The molecule has 0 N–H and O–H groups in total. The lowest BCUT2D eigenvalue weighted by molar-refractivity contribution is 0.670. The number of rotatable bonds is 6. The molecule has 0 bridgehead atoms. The summed E-state index contributed by atoms with van der Waals surface area (Å²) >= 11 is 0. The van der Waals surface area contributed by atoms with Crippen molar-refractivity contribution < 1.29 is 4.42 Å². The van der Waals surface area contributed by atoms with Crippen LogP contribution in [0.5, 0.6) is 0 Å². The molecule has 14 aromatic carbocycles. The van der Waals surface area contributed by atoms with E-state index in [1.54, 1.807) is 0 Å². The van der Waals surface area contributed by atoms with Gasteiger partial charge in [-0.15, -0.1) is 0 Å². The maximum absolute atomic E-state index is 7.31. The first-order valence-corrected chi connectivity index (χ1v) is 27.3. The Hall–Kier alpha value is -10.5. The van der Waals surface area contributed by atoms with E-state index in [4.69, 9.17) is 4.42 Å². The Bertz CT molecular complexity index is 5250. The quantitative estimate of drug-likeness (QED) is 0.152. The van der Waals surface area contributed by atoms with E-state index in [1.165, 1.54) is 120 Å². The molecule has 0 unspecified atom stereocenters. The van der Waals surface area contributed by atoms with E-state index in [0.717, 1.165) is 44.4 Å². The molecule has 366 valence electrons. The fourth-order valence-electron chi connectivity index (χ4n) is 13.8. The van der Waals surface area contributed by atoms with Crippen LogP contribution in [0.25, 0.3) is 165 Å². The predicted octanol–water partition coefficient (Wildman–Crippen LogP) is 21.1. The molecule has 79 heavy (non-hydrogen) atoms. The van der Waals surface area contributed by atoms with Crippen LogP contribution in [0.3, 0.4) is 0 Å². The second-order valence-electron chi connectivity index (χ2n) is 20.9. The van der Waals surface area contributed by atoms with E-state index >= 15 is 0 Å². The van der Waals surface area contributed by atoms with Gasteiger partial charge in [0.2, 0.25) is 0 Å². The van der Waals surface area contributed by atoms with Crippen molar-refractivity contribution in [3.63, 3.8) is 0 Å². The van der Waals surface area contributed by atoms with Crippen LogP contribution in [0, 0.1) is 0 Å². The highest BCUT2D eigenvalue weighted by molar-refractivity contribution is 6.30. The van der Waals surface area contributed by atoms with Gasteiger partial charge in [0.15, 0.2) is 0 Å². The van der Waals surface area contributed by atoms with Gasteiger partial charge in [-0.25, -0.2) is 0 Å². The van der Waals surface area contributed by atoms with Crippen LogP contribution in [0.15, 0.2) is 283 Å². The van der Waals surface area contributed by atoms with E-state index in [1.807, 2.05) is 0 Å². The summed E-state index contributed by atoms with van der Waals surface area (Å²) in [5, 5.41) is 16.7. The van der Waals surface area contributed by atoms with E-state index in [2.05, 4.69) is 288 Å². The molecule has 3 aromatic heterocycles. The van der Waals surface area contributed by atoms with Gasteiger partial charge in [0, 0.05) is 65.9 Å². The van der Waals surface area contributed by atoms with Gasteiger partial charge in [-0.1, -0.05) is 237 Å². The smallest absolute Gasteiger partial charge is 0.143 e. The van der Waals surface area contributed by atoms with Crippen LogP contribution in [-0.4, -0.2) is 9.13 Å². The lowest BCUT2D eigenvalue weighted by Crippen LogP contribution is -1.97. The topological polar surface area (TPSA) is 23.0 Å². The molecule has 0 saturated heterocycles. The minimum Gasteiger partial charge on any atom is -0.455 e.